The van der Waals surface area contributed by atoms with Gasteiger partial charge in [-0.25, -0.2) is 0 Å². The smallest absolute Gasteiger partial charge is 0.167 e. The summed E-state index contributed by atoms with van der Waals surface area (Å²) in [5.41, 5.74) is 6.05. The molecule has 0 N–H and O–H groups in total. The lowest BCUT2D eigenvalue weighted by molar-refractivity contribution is 0.0992. The van der Waals surface area contributed by atoms with Gasteiger partial charge in [-0.3, -0.25) is 4.79 Å². The quantitative estimate of drug-likeness (QED) is 0.320. The summed E-state index contributed by atoms with van der Waals surface area (Å²) in [4.78, 5) is 12.9. The SMILES string of the molecule is CC.CCCCC.CCCc1cc(CC)ccc1C(=O)Cc1ccc(C2CC[C@H](CC)C2)cc1. The standard InChI is InChI=1S/C26H34O.C5H12.C2H6/c1-4-7-24-17-20(6-3)11-15-25(24)26(27)18-21-9-12-22(13-10-21)23-14-8-19(5-2)16-23;1-3-5-4-2;1-2/h9-13,15,17,19,23H,4-8,14,16,18H2,1-3H3;3-5H2,1-2H3;1-2H3/t19-,23?;;/m0../s1. The van der Waals surface area contributed by atoms with E-state index in [-0.39, 0.29) is 5.78 Å². The van der Waals surface area contributed by atoms with Crippen LogP contribution in [-0.4, -0.2) is 5.78 Å². The summed E-state index contributed by atoms with van der Waals surface area (Å²) in [7, 11) is 0. The number of carbonyl (C=O) groups excluding carboxylic acids is 1. The van der Waals surface area contributed by atoms with Crippen LogP contribution in [-0.2, 0) is 19.3 Å². The van der Waals surface area contributed by atoms with Crippen LogP contribution < -0.4 is 0 Å². The van der Waals surface area contributed by atoms with Gasteiger partial charge in [0.2, 0.25) is 0 Å². The molecule has 0 heterocycles. The molecule has 1 aliphatic rings. The molecule has 34 heavy (non-hydrogen) atoms. The maximum Gasteiger partial charge on any atom is 0.167 e. The van der Waals surface area contributed by atoms with E-state index in [4.69, 9.17) is 0 Å². The molecule has 1 nitrogen and oxygen atoms in total. The van der Waals surface area contributed by atoms with Gasteiger partial charge in [-0.15, -0.1) is 0 Å². The second-order valence-corrected chi connectivity index (χ2v) is 9.57. The topological polar surface area (TPSA) is 17.1 Å². The molecule has 1 aliphatic carbocycles. The monoisotopic (exact) mass is 464 g/mol. The fraction of sp³-hybridized carbons (Fsp3) is 0.606. The highest BCUT2D eigenvalue weighted by Crippen LogP contribution is 2.39. The van der Waals surface area contributed by atoms with Gasteiger partial charge in [-0.2, -0.15) is 0 Å². The lowest BCUT2D eigenvalue weighted by Crippen LogP contribution is -2.08. The summed E-state index contributed by atoms with van der Waals surface area (Å²) < 4.78 is 0. The normalized spacial score (nSPS) is 16.8. The van der Waals surface area contributed by atoms with Crippen molar-refractivity contribution in [1.29, 1.82) is 0 Å². The Morgan fingerprint density at radius 1 is 0.824 bits per heavy atom. The Labute approximate surface area is 211 Å². The molecule has 1 saturated carbocycles. The molecule has 1 unspecified atom stereocenters. The number of Topliss-reactive ketones (excluding diaryl/α,β-unsaturated/α-hetero) is 1. The molecule has 190 valence electrons. The second-order valence-electron chi connectivity index (χ2n) is 9.57. The molecule has 0 aliphatic heterocycles. The van der Waals surface area contributed by atoms with Crippen LogP contribution in [0.25, 0.3) is 0 Å². The Kier molecular flexibility index (Phi) is 15.5. The van der Waals surface area contributed by atoms with E-state index >= 15 is 0 Å². The van der Waals surface area contributed by atoms with Gasteiger partial charge >= 0.3 is 0 Å². The van der Waals surface area contributed by atoms with E-state index in [0.29, 0.717) is 6.42 Å². The third-order valence-corrected chi connectivity index (χ3v) is 7.04. The molecule has 1 fully saturated rings. The molecule has 0 bridgehead atoms. The summed E-state index contributed by atoms with van der Waals surface area (Å²) in [6.45, 7) is 15.1. The fourth-order valence-corrected chi connectivity index (χ4v) is 4.91. The van der Waals surface area contributed by atoms with Gasteiger partial charge in [0.05, 0.1) is 0 Å². The van der Waals surface area contributed by atoms with Crippen molar-refractivity contribution in [3.63, 3.8) is 0 Å². The third-order valence-electron chi connectivity index (χ3n) is 7.04. The number of ketones is 1. The van der Waals surface area contributed by atoms with Crippen LogP contribution in [0.1, 0.15) is 138 Å². The van der Waals surface area contributed by atoms with E-state index in [1.807, 2.05) is 19.9 Å². The summed E-state index contributed by atoms with van der Waals surface area (Å²) in [5.74, 6) is 1.87. The zero-order valence-corrected chi connectivity index (χ0v) is 23.4. The molecule has 3 rings (SSSR count). The van der Waals surface area contributed by atoms with Crippen molar-refractivity contribution >= 4 is 5.78 Å². The van der Waals surface area contributed by atoms with Gasteiger partial charge in [0.25, 0.3) is 0 Å². The maximum atomic E-state index is 12.9. The van der Waals surface area contributed by atoms with Crippen molar-refractivity contribution < 1.29 is 4.79 Å². The molecule has 0 amide bonds. The lowest BCUT2D eigenvalue weighted by Gasteiger charge is -2.13. The number of unbranched alkanes of at least 4 members (excludes halogenated alkanes) is 2. The number of aryl methyl sites for hydroxylation is 2. The van der Waals surface area contributed by atoms with E-state index in [0.717, 1.165) is 42.2 Å². The van der Waals surface area contributed by atoms with Crippen LogP contribution in [0.2, 0.25) is 0 Å². The maximum absolute atomic E-state index is 12.9. The number of carbonyl (C=O) groups is 1. The average molecular weight is 465 g/mol. The second kappa shape index (κ2) is 17.5. The lowest BCUT2D eigenvalue weighted by atomic mass is 9.92. The van der Waals surface area contributed by atoms with Crippen molar-refractivity contribution in [2.24, 2.45) is 5.92 Å². The van der Waals surface area contributed by atoms with Crippen LogP contribution in [0.5, 0.6) is 0 Å². The minimum Gasteiger partial charge on any atom is -0.294 e. The van der Waals surface area contributed by atoms with Gasteiger partial charge < -0.3 is 0 Å². The fourth-order valence-electron chi connectivity index (χ4n) is 4.91. The Morgan fingerprint density at radius 2 is 1.47 bits per heavy atom. The molecule has 0 saturated heterocycles. The molecule has 0 spiro atoms. The predicted octanol–water partition coefficient (Wildman–Crippen LogP) is 10.1. The van der Waals surface area contributed by atoms with Gasteiger partial charge in [-0.05, 0) is 66.2 Å². The largest absolute Gasteiger partial charge is 0.294 e. The van der Waals surface area contributed by atoms with Crippen molar-refractivity contribution in [1.82, 2.24) is 0 Å². The predicted molar refractivity (Wildman–Crippen MR) is 151 cm³/mol. The van der Waals surface area contributed by atoms with Crippen LogP contribution >= 0.6 is 0 Å². The third kappa shape index (κ3) is 9.77. The molecular formula is C33H52O. The summed E-state index contributed by atoms with van der Waals surface area (Å²) >= 11 is 0. The van der Waals surface area contributed by atoms with Crippen molar-refractivity contribution in [2.45, 2.75) is 125 Å². The molecular weight excluding hydrogens is 412 g/mol. The molecule has 1 heteroatoms. The van der Waals surface area contributed by atoms with Crippen LogP contribution in [0.4, 0.5) is 0 Å². The highest BCUT2D eigenvalue weighted by Gasteiger charge is 2.24. The molecule has 0 aromatic heterocycles. The van der Waals surface area contributed by atoms with Crippen LogP contribution in [0.15, 0.2) is 42.5 Å². The van der Waals surface area contributed by atoms with Gasteiger partial charge in [0, 0.05) is 12.0 Å². The Bertz CT molecular complexity index is 800. The Hall–Kier alpha value is -1.89. The highest BCUT2D eigenvalue weighted by atomic mass is 16.1. The van der Waals surface area contributed by atoms with Crippen molar-refractivity contribution in [2.75, 3.05) is 0 Å². The van der Waals surface area contributed by atoms with Gasteiger partial charge in [0.1, 0.15) is 0 Å². The molecule has 2 aromatic carbocycles. The zero-order chi connectivity index (χ0) is 25.3. The van der Waals surface area contributed by atoms with Crippen molar-refractivity contribution in [3.05, 3.63) is 70.3 Å². The summed E-state index contributed by atoms with van der Waals surface area (Å²) in [6, 6.07) is 15.3. The number of hydrogen-bond donors (Lipinski definition) is 0. The molecule has 2 aromatic rings. The number of rotatable bonds is 10. The Balaban J connectivity index is 0.000000733. The summed E-state index contributed by atoms with van der Waals surface area (Å²) in [5, 5.41) is 0. The average Bonchev–Trinajstić information content (AvgIpc) is 3.36. The van der Waals surface area contributed by atoms with E-state index in [9.17, 15) is 4.79 Å². The molecule has 0 radical (unpaired) electrons. The first kappa shape index (κ1) is 30.1. The zero-order valence-electron chi connectivity index (χ0n) is 23.4. The summed E-state index contributed by atoms with van der Waals surface area (Å²) in [6.07, 6.45) is 13.0. The Morgan fingerprint density at radius 3 is 1.97 bits per heavy atom. The van der Waals surface area contributed by atoms with E-state index in [2.05, 4.69) is 71.0 Å². The highest BCUT2D eigenvalue weighted by molar-refractivity contribution is 5.99. The van der Waals surface area contributed by atoms with Gasteiger partial charge in [-0.1, -0.05) is 123 Å². The number of hydrogen-bond acceptors (Lipinski definition) is 1. The minimum atomic E-state index is 0.251. The van der Waals surface area contributed by atoms with E-state index < -0.39 is 0 Å². The van der Waals surface area contributed by atoms with Crippen LogP contribution in [0, 0.1) is 5.92 Å². The minimum absolute atomic E-state index is 0.251. The van der Waals surface area contributed by atoms with Crippen molar-refractivity contribution in [3.8, 4) is 0 Å². The first-order chi connectivity index (χ1) is 16.6. The first-order valence-electron chi connectivity index (χ1n) is 14.3. The van der Waals surface area contributed by atoms with Crippen LogP contribution in [0.3, 0.4) is 0 Å². The van der Waals surface area contributed by atoms with Gasteiger partial charge in [0.15, 0.2) is 5.78 Å². The molecule has 2 atom stereocenters. The van der Waals surface area contributed by atoms with E-state index in [1.165, 1.54) is 61.6 Å². The van der Waals surface area contributed by atoms with E-state index in [1.54, 1.807) is 0 Å². The number of benzene rings is 2. The first-order valence-corrected chi connectivity index (χ1v) is 14.3.